The minimum Gasteiger partial charge on any atom is -0.455 e. The van der Waals surface area contributed by atoms with Crippen LogP contribution in [0.4, 0.5) is 8.78 Å². The van der Waals surface area contributed by atoms with Crippen molar-refractivity contribution < 1.29 is 23.4 Å². The Morgan fingerprint density at radius 1 is 1.43 bits per heavy atom. The van der Waals surface area contributed by atoms with Crippen LogP contribution in [0.5, 0.6) is 0 Å². The molecule has 82 valence electrons. The molecule has 0 aromatic rings. The van der Waals surface area contributed by atoms with E-state index in [2.05, 4.69) is 4.74 Å². The summed E-state index contributed by atoms with van der Waals surface area (Å²) in [7, 11) is 0. The molecule has 3 nitrogen and oxygen atoms in total. The summed E-state index contributed by atoms with van der Waals surface area (Å²) in [5.74, 6) is -5.03. The molecular formula is C9H14F2O3. The fraction of sp³-hybridized carbons (Fsp3) is 0.889. The van der Waals surface area contributed by atoms with Crippen molar-refractivity contribution in [2.45, 2.75) is 50.7 Å². The summed E-state index contributed by atoms with van der Waals surface area (Å²) in [6.45, 7) is 0.491. The SMILES string of the molecule is CC(F)(F)C(=O)OC1CCCCC1O. The summed E-state index contributed by atoms with van der Waals surface area (Å²) in [5.41, 5.74) is 0. The van der Waals surface area contributed by atoms with Crippen LogP contribution in [0.25, 0.3) is 0 Å². The topological polar surface area (TPSA) is 46.5 Å². The zero-order valence-corrected chi connectivity index (χ0v) is 8.00. The second-order valence-electron chi connectivity index (χ2n) is 3.68. The summed E-state index contributed by atoms with van der Waals surface area (Å²) in [5, 5.41) is 9.36. The van der Waals surface area contributed by atoms with Crippen LogP contribution in [0, 0.1) is 0 Å². The Balaban J connectivity index is 2.46. The van der Waals surface area contributed by atoms with E-state index in [0.29, 0.717) is 19.8 Å². The van der Waals surface area contributed by atoms with Gasteiger partial charge in [0.25, 0.3) is 0 Å². The van der Waals surface area contributed by atoms with Crippen LogP contribution < -0.4 is 0 Å². The van der Waals surface area contributed by atoms with Gasteiger partial charge in [-0.05, 0) is 19.3 Å². The van der Waals surface area contributed by atoms with Crippen molar-refractivity contribution in [1.29, 1.82) is 0 Å². The Labute approximate surface area is 81.1 Å². The van der Waals surface area contributed by atoms with Crippen molar-refractivity contribution in [3.8, 4) is 0 Å². The number of carbonyl (C=O) groups excluding carboxylic acids is 1. The molecule has 5 heteroatoms. The second kappa shape index (κ2) is 4.21. The van der Waals surface area contributed by atoms with E-state index >= 15 is 0 Å². The minimum atomic E-state index is -3.48. The molecule has 0 bridgehead atoms. The Kier molecular flexibility index (Phi) is 3.42. The van der Waals surface area contributed by atoms with E-state index in [1.807, 2.05) is 0 Å². The standard InChI is InChI=1S/C9H14F2O3/c1-9(10,11)8(13)14-7-5-3-2-4-6(7)12/h6-7,12H,2-5H2,1H3. The largest absolute Gasteiger partial charge is 0.455 e. The number of carbonyl (C=O) groups is 1. The molecule has 0 aliphatic heterocycles. The van der Waals surface area contributed by atoms with Crippen molar-refractivity contribution >= 4 is 5.97 Å². The lowest BCUT2D eigenvalue weighted by Crippen LogP contribution is -2.38. The lowest BCUT2D eigenvalue weighted by Gasteiger charge is -2.28. The van der Waals surface area contributed by atoms with Crippen LogP contribution in [0.3, 0.4) is 0 Å². The molecule has 0 saturated heterocycles. The van der Waals surface area contributed by atoms with Crippen LogP contribution >= 0.6 is 0 Å². The third-order valence-electron chi connectivity index (χ3n) is 2.28. The molecule has 1 aliphatic carbocycles. The lowest BCUT2D eigenvalue weighted by molar-refractivity contribution is -0.182. The van der Waals surface area contributed by atoms with Crippen molar-refractivity contribution in [2.24, 2.45) is 0 Å². The maximum absolute atomic E-state index is 12.4. The van der Waals surface area contributed by atoms with Gasteiger partial charge in [0.1, 0.15) is 6.10 Å². The molecule has 0 heterocycles. The van der Waals surface area contributed by atoms with Gasteiger partial charge in [-0.15, -0.1) is 0 Å². The fourth-order valence-electron chi connectivity index (χ4n) is 1.46. The van der Waals surface area contributed by atoms with Gasteiger partial charge in [-0.25, -0.2) is 4.79 Å². The zero-order valence-electron chi connectivity index (χ0n) is 8.00. The average molecular weight is 208 g/mol. The van der Waals surface area contributed by atoms with Crippen molar-refractivity contribution in [1.82, 2.24) is 0 Å². The maximum atomic E-state index is 12.4. The Hall–Kier alpha value is -0.710. The molecule has 1 fully saturated rings. The van der Waals surface area contributed by atoms with E-state index in [9.17, 15) is 18.7 Å². The summed E-state index contributed by atoms with van der Waals surface area (Å²) in [6, 6.07) is 0. The molecular weight excluding hydrogens is 194 g/mol. The highest BCUT2D eigenvalue weighted by Gasteiger charge is 2.38. The highest BCUT2D eigenvalue weighted by Crippen LogP contribution is 2.24. The number of rotatable bonds is 2. The third-order valence-corrected chi connectivity index (χ3v) is 2.28. The zero-order chi connectivity index (χ0) is 10.8. The predicted octanol–water partition coefficient (Wildman–Crippen LogP) is 1.49. The number of hydrogen-bond donors (Lipinski definition) is 1. The molecule has 14 heavy (non-hydrogen) atoms. The van der Waals surface area contributed by atoms with Gasteiger partial charge in [0.05, 0.1) is 6.10 Å². The quantitative estimate of drug-likeness (QED) is 0.699. The molecule has 0 spiro atoms. The van der Waals surface area contributed by atoms with E-state index in [0.717, 1.165) is 12.8 Å². The van der Waals surface area contributed by atoms with E-state index < -0.39 is 24.1 Å². The monoisotopic (exact) mass is 208 g/mol. The van der Waals surface area contributed by atoms with Crippen molar-refractivity contribution in [3.05, 3.63) is 0 Å². The first kappa shape index (κ1) is 11.4. The van der Waals surface area contributed by atoms with Gasteiger partial charge in [-0.3, -0.25) is 0 Å². The molecule has 0 amide bonds. The maximum Gasteiger partial charge on any atom is 0.377 e. The number of hydrogen-bond acceptors (Lipinski definition) is 3. The minimum absolute atomic E-state index is 0.461. The van der Waals surface area contributed by atoms with Gasteiger partial charge in [0, 0.05) is 6.92 Å². The molecule has 2 unspecified atom stereocenters. The molecule has 1 aliphatic rings. The van der Waals surface area contributed by atoms with E-state index in [-0.39, 0.29) is 0 Å². The number of aliphatic hydroxyl groups excluding tert-OH is 1. The van der Waals surface area contributed by atoms with Crippen LogP contribution in [-0.2, 0) is 9.53 Å². The lowest BCUT2D eigenvalue weighted by atomic mass is 9.95. The summed E-state index contributed by atoms with van der Waals surface area (Å²) < 4.78 is 29.4. The molecule has 0 aromatic carbocycles. The molecule has 0 radical (unpaired) electrons. The van der Waals surface area contributed by atoms with E-state index in [1.54, 1.807) is 0 Å². The number of halogens is 2. The Morgan fingerprint density at radius 3 is 2.50 bits per heavy atom. The first-order valence-corrected chi connectivity index (χ1v) is 4.68. The average Bonchev–Trinajstić information content (AvgIpc) is 2.07. The number of ether oxygens (including phenoxy) is 1. The highest BCUT2D eigenvalue weighted by molar-refractivity contribution is 5.77. The second-order valence-corrected chi connectivity index (χ2v) is 3.68. The van der Waals surface area contributed by atoms with Crippen molar-refractivity contribution in [3.63, 3.8) is 0 Å². The predicted molar refractivity (Wildman–Crippen MR) is 45.0 cm³/mol. The van der Waals surface area contributed by atoms with E-state index in [4.69, 9.17) is 0 Å². The van der Waals surface area contributed by atoms with Crippen molar-refractivity contribution in [2.75, 3.05) is 0 Å². The van der Waals surface area contributed by atoms with E-state index in [1.165, 1.54) is 0 Å². The molecule has 1 rings (SSSR count). The summed E-state index contributed by atoms with van der Waals surface area (Å²) in [6.07, 6.45) is 1.05. The molecule has 1 N–H and O–H groups in total. The smallest absolute Gasteiger partial charge is 0.377 e. The van der Waals surface area contributed by atoms with Crippen LogP contribution in [0.15, 0.2) is 0 Å². The highest BCUT2D eigenvalue weighted by atomic mass is 19.3. The molecule has 0 aromatic heterocycles. The first-order chi connectivity index (χ1) is 6.41. The van der Waals surface area contributed by atoms with Gasteiger partial charge in [0.15, 0.2) is 0 Å². The number of aliphatic hydroxyl groups is 1. The van der Waals surface area contributed by atoms with Gasteiger partial charge in [-0.2, -0.15) is 8.78 Å². The van der Waals surface area contributed by atoms with Crippen LogP contribution in [-0.4, -0.2) is 29.2 Å². The summed E-state index contributed by atoms with van der Waals surface area (Å²) in [4.78, 5) is 10.8. The van der Waals surface area contributed by atoms with Gasteiger partial charge in [-0.1, -0.05) is 6.42 Å². The van der Waals surface area contributed by atoms with Gasteiger partial charge >= 0.3 is 11.9 Å². The van der Waals surface area contributed by atoms with Crippen LogP contribution in [0.1, 0.15) is 32.6 Å². The van der Waals surface area contributed by atoms with Gasteiger partial charge < -0.3 is 9.84 Å². The van der Waals surface area contributed by atoms with Crippen LogP contribution in [0.2, 0.25) is 0 Å². The normalized spacial score (nSPS) is 28.6. The Morgan fingerprint density at radius 2 is 2.00 bits per heavy atom. The fourth-order valence-corrected chi connectivity index (χ4v) is 1.46. The Bertz CT molecular complexity index is 213. The summed E-state index contributed by atoms with van der Waals surface area (Å²) >= 11 is 0. The van der Waals surface area contributed by atoms with Gasteiger partial charge in [0.2, 0.25) is 0 Å². The number of esters is 1. The third kappa shape index (κ3) is 2.90. The molecule has 2 atom stereocenters. The molecule has 1 saturated carbocycles. The number of alkyl halides is 2. The first-order valence-electron chi connectivity index (χ1n) is 4.68.